The van der Waals surface area contributed by atoms with E-state index in [0.717, 1.165) is 12.1 Å². The maximum Gasteiger partial charge on any atom is 0.416 e. The van der Waals surface area contributed by atoms with Gasteiger partial charge in [0.1, 0.15) is 6.54 Å². The van der Waals surface area contributed by atoms with Gasteiger partial charge < -0.3 is 10.2 Å². The van der Waals surface area contributed by atoms with Crippen LogP contribution in [0.25, 0.3) is 0 Å². The Morgan fingerprint density at radius 3 is 2.77 bits per heavy atom. The van der Waals surface area contributed by atoms with Crippen LogP contribution in [0, 0.1) is 0 Å². The summed E-state index contributed by atoms with van der Waals surface area (Å²) in [6, 6.07) is 4.26. The second-order valence-corrected chi connectivity index (χ2v) is 5.94. The molecule has 0 radical (unpaired) electrons. The number of hydrogen-bond acceptors (Lipinski definition) is 3. The van der Waals surface area contributed by atoms with Crippen molar-refractivity contribution in [3.05, 3.63) is 35.4 Å². The van der Waals surface area contributed by atoms with Crippen molar-refractivity contribution in [2.24, 2.45) is 0 Å². The first-order chi connectivity index (χ1) is 10.3. The average molecular weight is 332 g/mol. The lowest BCUT2D eigenvalue weighted by Crippen LogP contribution is -2.39. The summed E-state index contributed by atoms with van der Waals surface area (Å²) in [5.74, 6) is 0.327. The Balaban J connectivity index is 1.98. The van der Waals surface area contributed by atoms with Crippen molar-refractivity contribution in [1.82, 2.24) is 10.2 Å². The number of amides is 2. The van der Waals surface area contributed by atoms with E-state index < -0.39 is 17.8 Å². The van der Waals surface area contributed by atoms with Gasteiger partial charge in [-0.1, -0.05) is 12.1 Å². The molecule has 1 aliphatic rings. The van der Waals surface area contributed by atoms with Crippen LogP contribution in [0.5, 0.6) is 0 Å². The maximum absolute atomic E-state index is 12.7. The van der Waals surface area contributed by atoms with Crippen molar-refractivity contribution in [1.29, 1.82) is 0 Å². The number of benzene rings is 1. The van der Waals surface area contributed by atoms with Crippen LogP contribution in [0.3, 0.4) is 0 Å². The number of alkyl halides is 3. The predicted octanol–water partition coefficient (Wildman–Crippen LogP) is 2.42. The summed E-state index contributed by atoms with van der Waals surface area (Å²) < 4.78 is 38.0. The molecule has 1 fully saturated rings. The largest absolute Gasteiger partial charge is 0.416 e. The van der Waals surface area contributed by atoms with Crippen molar-refractivity contribution in [2.75, 3.05) is 18.2 Å². The second-order valence-electron chi connectivity index (χ2n) is 4.98. The molecule has 1 saturated heterocycles. The number of nitrogens with one attached hydrogen (secondary N) is 1. The Kier molecular flexibility index (Phi) is 5.00. The number of halogens is 3. The molecule has 22 heavy (non-hydrogen) atoms. The summed E-state index contributed by atoms with van der Waals surface area (Å²) >= 11 is 1.42. The van der Waals surface area contributed by atoms with E-state index in [1.54, 1.807) is 6.92 Å². The first-order valence-electron chi connectivity index (χ1n) is 6.59. The molecule has 4 nitrogen and oxygen atoms in total. The number of thioether (sulfide) groups is 1. The number of carbonyl (C=O) groups excluding carboxylic acids is 2. The highest BCUT2D eigenvalue weighted by molar-refractivity contribution is 8.00. The Morgan fingerprint density at radius 2 is 2.18 bits per heavy atom. The van der Waals surface area contributed by atoms with E-state index in [0.29, 0.717) is 17.2 Å². The van der Waals surface area contributed by atoms with Crippen LogP contribution in [0.4, 0.5) is 13.2 Å². The van der Waals surface area contributed by atoms with Gasteiger partial charge in [-0.05, 0) is 24.6 Å². The van der Waals surface area contributed by atoms with Crippen LogP contribution in [0.2, 0.25) is 0 Å². The third-order valence-electron chi connectivity index (χ3n) is 3.25. The number of hydrogen-bond donors (Lipinski definition) is 1. The van der Waals surface area contributed by atoms with E-state index in [9.17, 15) is 22.8 Å². The van der Waals surface area contributed by atoms with Crippen LogP contribution >= 0.6 is 11.8 Å². The minimum Gasteiger partial charge on any atom is -0.348 e. The van der Waals surface area contributed by atoms with E-state index in [2.05, 4.69) is 5.32 Å². The number of rotatable bonds is 4. The highest BCUT2D eigenvalue weighted by Crippen LogP contribution is 2.30. The van der Waals surface area contributed by atoms with Crippen molar-refractivity contribution < 1.29 is 22.8 Å². The number of nitrogens with zero attached hydrogens (tertiary/aromatic N) is 1. The Morgan fingerprint density at radius 1 is 1.45 bits per heavy atom. The van der Waals surface area contributed by atoms with Crippen molar-refractivity contribution in [2.45, 2.75) is 19.1 Å². The zero-order valence-electron chi connectivity index (χ0n) is 11.8. The molecule has 1 N–H and O–H groups in total. The van der Waals surface area contributed by atoms with E-state index in [1.165, 1.54) is 28.8 Å². The molecule has 0 saturated carbocycles. The molecule has 0 spiro atoms. The predicted molar refractivity (Wildman–Crippen MR) is 77.0 cm³/mol. The summed E-state index contributed by atoms with van der Waals surface area (Å²) in [4.78, 5) is 24.7. The SMILES string of the molecule is CC(NC(=O)CN1CSCC1=O)c1cccc(C(F)(F)F)c1. The normalized spacial score (nSPS) is 16.7. The molecule has 1 aromatic rings. The van der Waals surface area contributed by atoms with Gasteiger partial charge in [0.25, 0.3) is 0 Å². The molecule has 1 unspecified atom stereocenters. The van der Waals surface area contributed by atoms with E-state index in [4.69, 9.17) is 0 Å². The molecule has 8 heteroatoms. The van der Waals surface area contributed by atoms with Gasteiger partial charge in [-0.25, -0.2) is 0 Å². The fourth-order valence-corrected chi connectivity index (χ4v) is 2.97. The average Bonchev–Trinajstić information content (AvgIpc) is 2.83. The van der Waals surface area contributed by atoms with Crippen molar-refractivity contribution in [3.8, 4) is 0 Å². The monoisotopic (exact) mass is 332 g/mol. The van der Waals surface area contributed by atoms with Gasteiger partial charge in [0.2, 0.25) is 11.8 Å². The molecule has 120 valence electrons. The fraction of sp³-hybridized carbons (Fsp3) is 0.429. The van der Waals surface area contributed by atoms with Crippen molar-refractivity contribution >= 4 is 23.6 Å². The summed E-state index contributed by atoms with van der Waals surface area (Å²) in [7, 11) is 0. The van der Waals surface area contributed by atoms with Crippen molar-refractivity contribution in [3.63, 3.8) is 0 Å². The van der Waals surface area contributed by atoms with Gasteiger partial charge in [0, 0.05) is 0 Å². The first-order valence-corrected chi connectivity index (χ1v) is 7.75. The quantitative estimate of drug-likeness (QED) is 0.921. The van der Waals surface area contributed by atoms with Crippen LogP contribution in [0.15, 0.2) is 24.3 Å². The molecule has 1 aromatic carbocycles. The topological polar surface area (TPSA) is 49.4 Å². The molecule has 1 atom stereocenters. The summed E-state index contributed by atoms with van der Waals surface area (Å²) in [5, 5.41) is 2.61. The summed E-state index contributed by atoms with van der Waals surface area (Å²) in [6.45, 7) is 1.53. The van der Waals surface area contributed by atoms with Gasteiger partial charge in [-0.15, -0.1) is 11.8 Å². The van der Waals surface area contributed by atoms with E-state index in [1.807, 2.05) is 0 Å². The fourth-order valence-electron chi connectivity index (χ4n) is 2.07. The molecular weight excluding hydrogens is 317 g/mol. The smallest absolute Gasteiger partial charge is 0.348 e. The van der Waals surface area contributed by atoms with Gasteiger partial charge in [0.15, 0.2) is 0 Å². The maximum atomic E-state index is 12.7. The van der Waals surface area contributed by atoms with Crippen LogP contribution in [-0.4, -0.2) is 34.9 Å². The molecule has 2 rings (SSSR count). The molecule has 0 aromatic heterocycles. The molecule has 0 aliphatic carbocycles. The third kappa shape index (κ3) is 4.16. The number of carbonyl (C=O) groups is 2. The second kappa shape index (κ2) is 6.60. The van der Waals surface area contributed by atoms with Crippen LogP contribution in [0.1, 0.15) is 24.1 Å². The highest BCUT2D eigenvalue weighted by Gasteiger charge is 2.31. The lowest BCUT2D eigenvalue weighted by Gasteiger charge is -2.19. The molecule has 1 aliphatic heterocycles. The summed E-state index contributed by atoms with van der Waals surface area (Å²) in [6.07, 6.45) is -4.42. The highest BCUT2D eigenvalue weighted by atomic mass is 32.2. The minimum atomic E-state index is -4.42. The zero-order chi connectivity index (χ0) is 16.3. The Bertz CT molecular complexity index is 577. The van der Waals surface area contributed by atoms with Gasteiger partial charge >= 0.3 is 6.18 Å². The van der Waals surface area contributed by atoms with Crippen LogP contribution < -0.4 is 5.32 Å². The Labute approximate surface area is 130 Å². The first kappa shape index (κ1) is 16.7. The third-order valence-corrected chi connectivity index (χ3v) is 4.20. The lowest BCUT2D eigenvalue weighted by atomic mass is 10.0. The standard InChI is InChI=1S/C14H15F3N2O2S/c1-9(10-3-2-4-11(5-10)14(15,16)17)18-12(20)6-19-8-22-7-13(19)21/h2-5,9H,6-8H2,1H3,(H,18,20). The van der Waals surface area contributed by atoms with Gasteiger partial charge in [-0.2, -0.15) is 13.2 Å². The van der Waals surface area contributed by atoms with Gasteiger partial charge in [0.05, 0.1) is 23.2 Å². The Hall–Kier alpha value is -1.70. The zero-order valence-corrected chi connectivity index (χ0v) is 12.6. The molecule has 2 amide bonds. The van der Waals surface area contributed by atoms with E-state index in [-0.39, 0.29) is 18.4 Å². The van der Waals surface area contributed by atoms with E-state index >= 15 is 0 Å². The molecular formula is C14H15F3N2O2S. The molecule has 1 heterocycles. The summed E-state index contributed by atoms with van der Waals surface area (Å²) in [5.41, 5.74) is -0.387. The molecule has 0 bridgehead atoms. The lowest BCUT2D eigenvalue weighted by molar-refractivity contribution is -0.137. The minimum absolute atomic E-state index is 0.0743. The van der Waals surface area contributed by atoms with Gasteiger partial charge in [-0.3, -0.25) is 9.59 Å². The van der Waals surface area contributed by atoms with Crippen LogP contribution in [-0.2, 0) is 15.8 Å².